The maximum Gasteiger partial charge on any atom is 0.247 e. The molecular weight excluding hydrogens is 408 g/mol. The lowest BCUT2D eigenvalue weighted by Gasteiger charge is -2.10. The summed E-state index contributed by atoms with van der Waals surface area (Å²) in [4.78, 5) is 25.8. The predicted molar refractivity (Wildman–Crippen MR) is 123 cm³/mol. The molecule has 0 spiro atoms. The molecule has 0 bridgehead atoms. The van der Waals surface area contributed by atoms with Crippen molar-refractivity contribution in [2.45, 2.75) is 6.54 Å². The van der Waals surface area contributed by atoms with Crippen LogP contribution in [0.2, 0.25) is 0 Å². The van der Waals surface area contributed by atoms with E-state index in [4.69, 9.17) is 4.74 Å². The van der Waals surface area contributed by atoms with E-state index in [1.165, 1.54) is 6.08 Å². The van der Waals surface area contributed by atoms with E-state index >= 15 is 0 Å². The highest BCUT2D eigenvalue weighted by atomic mass is 16.5. The molecule has 0 saturated carbocycles. The van der Waals surface area contributed by atoms with Gasteiger partial charge >= 0.3 is 0 Å². The van der Waals surface area contributed by atoms with Crippen molar-refractivity contribution >= 4 is 34.4 Å². The molecule has 164 valence electrons. The molecule has 0 atom stereocenters. The smallest absolute Gasteiger partial charge is 0.247 e. The van der Waals surface area contributed by atoms with Crippen LogP contribution in [0.3, 0.4) is 0 Å². The van der Waals surface area contributed by atoms with Gasteiger partial charge in [0.05, 0.1) is 11.9 Å². The number of aromatic nitrogens is 5. The number of anilines is 3. The van der Waals surface area contributed by atoms with Crippen molar-refractivity contribution in [1.82, 2.24) is 29.6 Å². The van der Waals surface area contributed by atoms with E-state index in [9.17, 15) is 4.79 Å². The minimum atomic E-state index is -0.297. The number of nitrogens with zero attached hydrogens (tertiary/aromatic N) is 5. The number of amides is 1. The molecule has 3 N–H and O–H groups in total. The molecule has 0 aliphatic heterocycles. The fraction of sp³-hybridized carbons (Fsp3) is 0.182. The van der Waals surface area contributed by atoms with Gasteiger partial charge in [-0.2, -0.15) is 15.1 Å². The highest BCUT2D eigenvalue weighted by molar-refractivity contribution is 5.99. The molecule has 0 radical (unpaired) electrons. The minimum absolute atomic E-state index is 0.297. The number of fused-ring (bicyclic) bond motifs is 1. The third kappa shape index (κ3) is 5.10. The summed E-state index contributed by atoms with van der Waals surface area (Å²) in [6, 6.07) is 10.7. The van der Waals surface area contributed by atoms with Crippen molar-refractivity contribution in [2.24, 2.45) is 0 Å². The Labute approximate surface area is 184 Å². The Bertz CT molecular complexity index is 1240. The number of benzene rings is 1. The standard InChI is InChI=1S/C22H24N8O2/c1-4-19(31)24-15-6-5-7-16(14-15)32-21-17-8-10-23-20(17)26-22(27-21)25-18-9-11-30(28-18)13-12-29(2)3/h4-11,14H,1,12-13H2,2-3H3,(H,24,31)(H2,23,25,26,27,28). The zero-order valence-corrected chi connectivity index (χ0v) is 17.9. The van der Waals surface area contributed by atoms with Crippen LogP contribution in [-0.4, -0.2) is 56.2 Å². The van der Waals surface area contributed by atoms with Gasteiger partial charge in [-0.05, 0) is 38.4 Å². The number of nitrogens with one attached hydrogen (secondary N) is 3. The van der Waals surface area contributed by atoms with Gasteiger partial charge in [-0.1, -0.05) is 12.6 Å². The third-order valence-electron chi connectivity index (χ3n) is 4.54. The first-order valence-electron chi connectivity index (χ1n) is 10.0. The molecule has 0 fully saturated rings. The molecule has 0 saturated heterocycles. The van der Waals surface area contributed by atoms with E-state index in [-0.39, 0.29) is 5.91 Å². The number of carbonyl (C=O) groups is 1. The topological polar surface area (TPSA) is 113 Å². The van der Waals surface area contributed by atoms with Crippen molar-refractivity contribution in [3.8, 4) is 11.6 Å². The van der Waals surface area contributed by atoms with Crippen LogP contribution in [0.15, 0.2) is 61.4 Å². The van der Waals surface area contributed by atoms with E-state index in [2.05, 4.69) is 42.2 Å². The van der Waals surface area contributed by atoms with Crippen molar-refractivity contribution < 1.29 is 9.53 Å². The van der Waals surface area contributed by atoms with Crippen LogP contribution in [0.25, 0.3) is 11.0 Å². The largest absolute Gasteiger partial charge is 0.438 e. The van der Waals surface area contributed by atoms with Gasteiger partial charge in [0.15, 0.2) is 5.82 Å². The molecule has 4 aromatic rings. The van der Waals surface area contributed by atoms with Crippen molar-refractivity contribution in [3.63, 3.8) is 0 Å². The van der Waals surface area contributed by atoms with Crippen molar-refractivity contribution in [1.29, 1.82) is 0 Å². The van der Waals surface area contributed by atoms with Crippen LogP contribution in [0, 0.1) is 0 Å². The summed E-state index contributed by atoms with van der Waals surface area (Å²) >= 11 is 0. The first-order valence-corrected chi connectivity index (χ1v) is 10.0. The van der Waals surface area contributed by atoms with Gasteiger partial charge in [0.1, 0.15) is 11.4 Å². The molecule has 0 aliphatic rings. The van der Waals surface area contributed by atoms with Crippen LogP contribution < -0.4 is 15.4 Å². The highest BCUT2D eigenvalue weighted by Gasteiger charge is 2.13. The normalized spacial score (nSPS) is 11.0. The molecule has 3 aromatic heterocycles. The molecule has 10 heteroatoms. The first-order chi connectivity index (χ1) is 15.5. The molecule has 1 amide bonds. The number of rotatable bonds is 9. The first kappa shape index (κ1) is 21.1. The number of likely N-dealkylation sites (N-methyl/N-ethyl adjacent to an activating group) is 1. The average molecular weight is 432 g/mol. The van der Waals surface area contributed by atoms with E-state index in [1.807, 2.05) is 37.1 Å². The van der Waals surface area contributed by atoms with Gasteiger partial charge in [-0.25, -0.2) is 0 Å². The molecular formula is C22H24N8O2. The number of H-pyrrole nitrogens is 1. The number of carbonyl (C=O) groups excluding carboxylic acids is 1. The summed E-state index contributed by atoms with van der Waals surface area (Å²) in [6.07, 6.45) is 4.88. The lowest BCUT2D eigenvalue weighted by Crippen LogP contribution is -2.18. The van der Waals surface area contributed by atoms with Crippen LogP contribution in [0.5, 0.6) is 11.6 Å². The molecule has 32 heavy (non-hydrogen) atoms. The van der Waals surface area contributed by atoms with Crippen molar-refractivity contribution in [3.05, 3.63) is 61.4 Å². The molecule has 10 nitrogen and oxygen atoms in total. The predicted octanol–water partition coefficient (Wildman–Crippen LogP) is 3.38. The second-order valence-corrected chi connectivity index (χ2v) is 7.31. The van der Waals surface area contributed by atoms with E-state index in [0.717, 1.165) is 18.5 Å². The zero-order chi connectivity index (χ0) is 22.5. The van der Waals surface area contributed by atoms with Crippen molar-refractivity contribution in [2.75, 3.05) is 31.3 Å². The highest BCUT2D eigenvalue weighted by Crippen LogP contribution is 2.30. The second kappa shape index (κ2) is 9.31. The Morgan fingerprint density at radius 2 is 2.16 bits per heavy atom. The van der Waals surface area contributed by atoms with Gasteiger partial charge in [0, 0.05) is 36.8 Å². The zero-order valence-electron chi connectivity index (χ0n) is 17.9. The molecule has 0 unspecified atom stereocenters. The monoisotopic (exact) mass is 432 g/mol. The number of ether oxygens (including phenoxy) is 1. The van der Waals surface area contributed by atoms with E-state index < -0.39 is 0 Å². The van der Waals surface area contributed by atoms with Gasteiger partial charge in [0.2, 0.25) is 17.7 Å². The van der Waals surface area contributed by atoms with Crippen LogP contribution in [-0.2, 0) is 11.3 Å². The fourth-order valence-corrected chi connectivity index (χ4v) is 2.96. The summed E-state index contributed by atoms with van der Waals surface area (Å²) in [5.41, 5.74) is 1.22. The SMILES string of the molecule is C=CC(=O)Nc1cccc(Oc2nc(Nc3ccn(CCN(C)C)n3)nc3[nH]ccc23)c1. The quantitative estimate of drug-likeness (QED) is 0.348. The summed E-state index contributed by atoms with van der Waals surface area (Å²) in [5, 5.41) is 11.1. The van der Waals surface area contributed by atoms with Crippen LogP contribution in [0.1, 0.15) is 0 Å². The lowest BCUT2D eigenvalue weighted by atomic mass is 10.3. The van der Waals surface area contributed by atoms with Crippen LogP contribution in [0.4, 0.5) is 17.5 Å². The molecule has 4 rings (SSSR count). The Hall–Kier alpha value is -4.18. The Morgan fingerprint density at radius 1 is 1.28 bits per heavy atom. The van der Waals surface area contributed by atoms with E-state index in [1.54, 1.807) is 30.5 Å². The minimum Gasteiger partial charge on any atom is -0.438 e. The Morgan fingerprint density at radius 3 is 2.97 bits per heavy atom. The maximum atomic E-state index is 11.6. The third-order valence-corrected chi connectivity index (χ3v) is 4.54. The summed E-state index contributed by atoms with van der Waals surface area (Å²) in [6.45, 7) is 5.12. The van der Waals surface area contributed by atoms with Gasteiger partial charge in [-0.15, -0.1) is 0 Å². The Kier molecular flexibility index (Phi) is 6.13. The number of aromatic amines is 1. The number of hydrogen-bond donors (Lipinski definition) is 3. The van der Waals surface area contributed by atoms with Gasteiger partial charge in [0.25, 0.3) is 0 Å². The molecule has 0 aliphatic carbocycles. The molecule has 3 heterocycles. The number of hydrogen-bond acceptors (Lipinski definition) is 7. The summed E-state index contributed by atoms with van der Waals surface area (Å²) in [5.74, 6) is 1.58. The Balaban J connectivity index is 1.56. The second-order valence-electron chi connectivity index (χ2n) is 7.31. The summed E-state index contributed by atoms with van der Waals surface area (Å²) < 4.78 is 7.89. The summed E-state index contributed by atoms with van der Waals surface area (Å²) in [7, 11) is 4.04. The lowest BCUT2D eigenvalue weighted by molar-refractivity contribution is -0.111. The van der Waals surface area contributed by atoms with E-state index in [0.29, 0.717) is 34.7 Å². The van der Waals surface area contributed by atoms with Gasteiger partial charge < -0.3 is 25.3 Å². The van der Waals surface area contributed by atoms with Crippen LogP contribution >= 0.6 is 0 Å². The average Bonchev–Trinajstić information content (AvgIpc) is 3.42. The molecule has 1 aromatic carbocycles. The fourth-order valence-electron chi connectivity index (χ4n) is 2.96. The maximum absolute atomic E-state index is 11.6. The van der Waals surface area contributed by atoms with Gasteiger partial charge in [-0.3, -0.25) is 9.48 Å².